The summed E-state index contributed by atoms with van der Waals surface area (Å²) in [4.78, 5) is 0. The average molecular weight is 461 g/mol. The van der Waals surface area contributed by atoms with E-state index in [4.69, 9.17) is 9.16 Å². The fourth-order valence-electron chi connectivity index (χ4n) is 4.69. The second-order valence-corrected chi connectivity index (χ2v) is 13.8. The maximum Gasteiger partial charge on any atom is 0.261 e. The van der Waals surface area contributed by atoms with Gasteiger partial charge in [0.1, 0.15) is 24.4 Å². The number of hydrogen-bond acceptors (Lipinski definition) is 6. The zero-order chi connectivity index (χ0) is 23.4. The highest BCUT2D eigenvalue weighted by Crippen LogP contribution is 2.37. The molecule has 0 aromatic heterocycles. The summed E-state index contributed by atoms with van der Waals surface area (Å²) in [5.41, 5.74) is 0. The van der Waals surface area contributed by atoms with Crippen molar-refractivity contribution in [2.75, 3.05) is 13.2 Å². The second kappa shape index (κ2) is 10.6. The third-order valence-corrected chi connectivity index (χ3v) is 11.4. The summed E-state index contributed by atoms with van der Waals surface area (Å²) in [7, 11) is -2.63. The van der Waals surface area contributed by atoms with Crippen molar-refractivity contribution >= 4 is 18.7 Å². The first kappa shape index (κ1) is 25.0. The van der Waals surface area contributed by atoms with Crippen LogP contribution in [-0.2, 0) is 9.16 Å². The van der Waals surface area contributed by atoms with Crippen LogP contribution in [0, 0.1) is 0 Å². The smallest absolute Gasteiger partial charge is 0.261 e. The molecule has 1 aliphatic heterocycles. The van der Waals surface area contributed by atoms with Crippen LogP contribution in [0.4, 0.5) is 0 Å². The molecule has 1 heterocycles. The number of rotatable bonds is 8. The maximum atomic E-state index is 10.3. The van der Waals surface area contributed by atoms with Crippen molar-refractivity contribution in [3.05, 3.63) is 60.7 Å². The number of hydrogen-bond donors (Lipinski definition) is 4. The summed E-state index contributed by atoms with van der Waals surface area (Å²) >= 11 is 0. The van der Waals surface area contributed by atoms with Gasteiger partial charge in [-0.15, -0.1) is 0 Å². The Morgan fingerprint density at radius 1 is 0.812 bits per heavy atom. The molecule has 5 atom stereocenters. The van der Waals surface area contributed by atoms with Gasteiger partial charge in [0.2, 0.25) is 0 Å². The molecule has 32 heavy (non-hydrogen) atoms. The molecule has 0 amide bonds. The Kier molecular flexibility index (Phi) is 8.27. The van der Waals surface area contributed by atoms with Gasteiger partial charge in [-0.3, -0.25) is 0 Å². The van der Waals surface area contributed by atoms with E-state index in [1.807, 2.05) is 36.4 Å². The van der Waals surface area contributed by atoms with E-state index in [1.54, 1.807) is 0 Å². The van der Waals surface area contributed by atoms with Gasteiger partial charge >= 0.3 is 0 Å². The minimum Gasteiger partial charge on any atom is -0.407 e. The Bertz CT molecular complexity index is 784. The molecule has 1 aliphatic rings. The Balaban J connectivity index is 1.78. The van der Waals surface area contributed by atoms with Crippen molar-refractivity contribution < 1.29 is 29.6 Å². The van der Waals surface area contributed by atoms with Gasteiger partial charge in [-0.1, -0.05) is 81.4 Å². The molecule has 0 radical (unpaired) electrons. The van der Waals surface area contributed by atoms with Gasteiger partial charge in [0.25, 0.3) is 8.32 Å². The van der Waals surface area contributed by atoms with E-state index in [2.05, 4.69) is 45.0 Å². The summed E-state index contributed by atoms with van der Waals surface area (Å²) in [5.74, 6) is 0. The Morgan fingerprint density at radius 2 is 1.31 bits per heavy atom. The lowest BCUT2D eigenvalue weighted by Gasteiger charge is -2.43. The first-order valence-electron chi connectivity index (χ1n) is 11.3. The molecule has 0 aliphatic carbocycles. The average Bonchev–Trinajstić information content (AvgIpc) is 2.79. The minimum atomic E-state index is -2.63. The van der Waals surface area contributed by atoms with E-state index in [1.165, 1.54) is 10.4 Å². The fourth-order valence-corrected chi connectivity index (χ4v) is 9.29. The van der Waals surface area contributed by atoms with Crippen molar-refractivity contribution in [2.24, 2.45) is 0 Å². The zero-order valence-corrected chi connectivity index (χ0v) is 20.1. The van der Waals surface area contributed by atoms with Crippen LogP contribution >= 0.6 is 0 Å². The first-order chi connectivity index (χ1) is 15.2. The summed E-state index contributed by atoms with van der Waals surface area (Å²) in [6, 6.07) is 20.8. The zero-order valence-electron chi connectivity index (χ0n) is 19.1. The Hall–Kier alpha value is -1.58. The van der Waals surface area contributed by atoms with Crippen molar-refractivity contribution in [1.82, 2.24) is 0 Å². The molecule has 0 unspecified atom stereocenters. The molecule has 0 saturated carbocycles. The van der Waals surface area contributed by atoms with Crippen molar-refractivity contribution in [2.45, 2.75) is 69.2 Å². The van der Waals surface area contributed by atoms with Gasteiger partial charge in [-0.25, -0.2) is 0 Å². The largest absolute Gasteiger partial charge is 0.407 e. The van der Waals surface area contributed by atoms with Crippen molar-refractivity contribution in [1.29, 1.82) is 0 Å². The Morgan fingerprint density at radius 3 is 1.78 bits per heavy atom. The quantitative estimate of drug-likeness (QED) is 0.349. The van der Waals surface area contributed by atoms with Crippen LogP contribution in [0.2, 0.25) is 5.04 Å². The van der Waals surface area contributed by atoms with Gasteiger partial charge in [0.05, 0.1) is 12.7 Å². The summed E-state index contributed by atoms with van der Waals surface area (Å²) < 4.78 is 12.5. The maximum absolute atomic E-state index is 10.3. The second-order valence-electron chi connectivity index (χ2n) is 9.52. The predicted molar refractivity (Wildman–Crippen MR) is 127 cm³/mol. The third-order valence-electron chi connectivity index (χ3n) is 6.36. The van der Waals surface area contributed by atoms with Gasteiger partial charge in [-0.2, -0.15) is 0 Å². The molecule has 1 saturated heterocycles. The van der Waals surface area contributed by atoms with E-state index >= 15 is 0 Å². The van der Waals surface area contributed by atoms with Gasteiger partial charge in [0.15, 0.2) is 0 Å². The fraction of sp³-hybridized carbons (Fsp3) is 0.520. The molecule has 6 nitrogen and oxygen atoms in total. The van der Waals surface area contributed by atoms with Gasteiger partial charge < -0.3 is 29.6 Å². The van der Waals surface area contributed by atoms with Crippen LogP contribution in [0.25, 0.3) is 0 Å². The van der Waals surface area contributed by atoms with E-state index in [0.29, 0.717) is 19.4 Å². The highest BCUT2D eigenvalue weighted by atomic mass is 28.4. The predicted octanol–water partition coefficient (Wildman–Crippen LogP) is 1.19. The molecule has 2 aromatic rings. The van der Waals surface area contributed by atoms with Crippen LogP contribution in [0.15, 0.2) is 60.7 Å². The van der Waals surface area contributed by atoms with Gasteiger partial charge in [0, 0.05) is 6.61 Å². The summed E-state index contributed by atoms with van der Waals surface area (Å²) in [6.07, 6.45) is -4.39. The molecule has 3 rings (SSSR count). The first-order valence-corrected chi connectivity index (χ1v) is 13.2. The number of ether oxygens (including phenoxy) is 1. The summed E-state index contributed by atoms with van der Waals surface area (Å²) in [5, 5.41) is 42.0. The monoisotopic (exact) mass is 460 g/mol. The highest BCUT2D eigenvalue weighted by molar-refractivity contribution is 6.99. The highest BCUT2D eigenvalue weighted by Gasteiger charge is 2.50. The topological polar surface area (TPSA) is 99.4 Å². The lowest BCUT2D eigenvalue weighted by molar-refractivity contribution is -0.230. The lowest BCUT2D eigenvalue weighted by atomic mass is 9.93. The molecular formula is C25H36O6Si. The standard InChI is InChI=1S/C25H36O6Si/c1-25(2,3)32(18-11-6-4-7-12-18,19-13-8-5-9-14-19)30-16-10-15-20-22(27)24(29)23(28)21(17-26)31-20/h4-9,11-14,20-24,26-29H,10,15-17H2,1-3H3/t20-,21+,22-,23+,24+/m0/s1. The number of aliphatic hydroxyl groups excluding tert-OH is 4. The van der Waals surface area contributed by atoms with E-state index in [0.717, 1.165) is 0 Å². The molecule has 2 aromatic carbocycles. The molecule has 4 N–H and O–H groups in total. The number of aliphatic hydroxyl groups is 4. The lowest BCUT2D eigenvalue weighted by Crippen LogP contribution is -2.66. The minimum absolute atomic E-state index is 0.126. The molecular weight excluding hydrogens is 424 g/mol. The van der Waals surface area contributed by atoms with Crippen LogP contribution < -0.4 is 10.4 Å². The molecule has 7 heteroatoms. The van der Waals surface area contributed by atoms with Crippen LogP contribution in [0.5, 0.6) is 0 Å². The Labute approximate surface area is 191 Å². The molecule has 1 fully saturated rings. The SMILES string of the molecule is CC(C)(C)[Si](OCCC[C@@H]1O[C@H](CO)[C@@H](O)[C@H](O)[C@H]1O)(c1ccccc1)c1ccccc1. The van der Waals surface area contributed by atoms with Crippen LogP contribution in [0.1, 0.15) is 33.6 Å². The molecule has 176 valence electrons. The normalized spacial score (nSPS) is 26.8. The van der Waals surface area contributed by atoms with E-state index in [9.17, 15) is 20.4 Å². The summed E-state index contributed by atoms with van der Waals surface area (Å²) in [6.45, 7) is 6.70. The van der Waals surface area contributed by atoms with Crippen molar-refractivity contribution in [3.8, 4) is 0 Å². The molecule has 0 spiro atoms. The van der Waals surface area contributed by atoms with E-state index < -0.39 is 45.4 Å². The van der Waals surface area contributed by atoms with Crippen LogP contribution in [0.3, 0.4) is 0 Å². The molecule has 0 bridgehead atoms. The van der Waals surface area contributed by atoms with Crippen LogP contribution in [-0.4, -0.2) is 72.5 Å². The van der Waals surface area contributed by atoms with E-state index in [-0.39, 0.29) is 5.04 Å². The number of benzene rings is 2. The third kappa shape index (κ3) is 4.99. The van der Waals surface area contributed by atoms with Gasteiger partial charge in [-0.05, 0) is 28.3 Å². The van der Waals surface area contributed by atoms with Crippen molar-refractivity contribution in [3.63, 3.8) is 0 Å².